The van der Waals surface area contributed by atoms with Gasteiger partial charge >= 0.3 is 0 Å². The first kappa shape index (κ1) is 14.0. The molecule has 0 saturated carbocycles. The Labute approximate surface area is 134 Å². The van der Waals surface area contributed by atoms with Gasteiger partial charge in [-0.25, -0.2) is 4.98 Å². The Morgan fingerprint density at radius 2 is 2.10 bits per heavy atom. The van der Waals surface area contributed by atoms with Gasteiger partial charge in [0.15, 0.2) is 0 Å². The third kappa shape index (κ3) is 3.40. The van der Waals surface area contributed by atoms with Crippen molar-refractivity contribution >= 4 is 38.6 Å². The van der Waals surface area contributed by atoms with Crippen LogP contribution in [-0.2, 0) is 0 Å². The van der Waals surface area contributed by atoms with E-state index in [0.717, 1.165) is 25.7 Å². The summed E-state index contributed by atoms with van der Waals surface area (Å²) in [5.41, 5.74) is 5.00. The lowest BCUT2D eigenvalue weighted by molar-refractivity contribution is 0.560. The van der Waals surface area contributed by atoms with Gasteiger partial charge in [-0.2, -0.15) is 5.10 Å². The minimum absolute atomic E-state index is 0.698. The molecule has 106 valence electrons. The van der Waals surface area contributed by atoms with E-state index >= 15 is 0 Å². The molecule has 0 aliphatic heterocycles. The molecule has 2 heterocycles. The fourth-order valence-corrected chi connectivity index (χ4v) is 2.89. The molecular formula is C15H12BrN3OS. The fraction of sp³-hybridized carbons (Fsp3) is 0.0667. The van der Waals surface area contributed by atoms with Gasteiger partial charge in [-0.15, -0.1) is 11.3 Å². The summed E-state index contributed by atoms with van der Waals surface area (Å²) >= 11 is 5.01. The third-order valence-electron chi connectivity index (χ3n) is 2.81. The molecular weight excluding hydrogens is 350 g/mol. The highest BCUT2D eigenvalue weighted by Crippen LogP contribution is 2.30. The van der Waals surface area contributed by atoms with Crippen LogP contribution in [0.1, 0.15) is 10.6 Å². The zero-order chi connectivity index (χ0) is 14.7. The standard InChI is InChI=1S/C15H12BrN3OS/c1-10-14(11-4-6-12(16)7-5-11)18-15(21-10)19-17-9-13-3-2-8-20-13/h2-9H,1H3,(H,18,19). The van der Waals surface area contributed by atoms with Gasteiger partial charge in [-0.05, 0) is 31.2 Å². The number of hydrazone groups is 1. The summed E-state index contributed by atoms with van der Waals surface area (Å²) in [7, 11) is 0. The fourth-order valence-electron chi connectivity index (χ4n) is 1.84. The van der Waals surface area contributed by atoms with Crippen LogP contribution in [0.15, 0.2) is 56.7 Å². The molecule has 21 heavy (non-hydrogen) atoms. The zero-order valence-electron chi connectivity index (χ0n) is 11.2. The van der Waals surface area contributed by atoms with E-state index in [0.29, 0.717) is 5.76 Å². The number of aryl methyl sites for hydroxylation is 1. The zero-order valence-corrected chi connectivity index (χ0v) is 13.6. The Morgan fingerprint density at radius 3 is 2.81 bits per heavy atom. The van der Waals surface area contributed by atoms with Gasteiger partial charge in [-0.3, -0.25) is 5.43 Å². The highest BCUT2D eigenvalue weighted by Gasteiger charge is 2.09. The van der Waals surface area contributed by atoms with E-state index in [9.17, 15) is 0 Å². The molecule has 0 fully saturated rings. The van der Waals surface area contributed by atoms with Crippen LogP contribution in [0.2, 0.25) is 0 Å². The van der Waals surface area contributed by atoms with Crippen molar-refractivity contribution in [2.45, 2.75) is 6.92 Å². The number of anilines is 1. The van der Waals surface area contributed by atoms with Crippen molar-refractivity contribution in [1.82, 2.24) is 4.98 Å². The number of thiazole rings is 1. The minimum atomic E-state index is 0.698. The van der Waals surface area contributed by atoms with E-state index in [1.54, 1.807) is 23.8 Å². The Balaban J connectivity index is 1.76. The average molecular weight is 362 g/mol. The van der Waals surface area contributed by atoms with Gasteiger partial charge in [0.25, 0.3) is 0 Å². The number of furan rings is 1. The normalized spacial score (nSPS) is 11.1. The average Bonchev–Trinajstić information content (AvgIpc) is 3.10. The Hall–Kier alpha value is -1.92. The molecule has 0 spiro atoms. The molecule has 0 bridgehead atoms. The maximum atomic E-state index is 5.17. The number of halogens is 1. The smallest absolute Gasteiger partial charge is 0.204 e. The number of rotatable bonds is 4. The number of hydrogen-bond donors (Lipinski definition) is 1. The van der Waals surface area contributed by atoms with E-state index < -0.39 is 0 Å². The molecule has 0 atom stereocenters. The first-order valence-corrected chi connectivity index (χ1v) is 7.89. The monoisotopic (exact) mass is 361 g/mol. The topological polar surface area (TPSA) is 50.4 Å². The van der Waals surface area contributed by atoms with Crippen LogP contribution in [0.25, 0.3) is 11.3 Å². The summed E-state index contributed by atoms with van der Waals surface area (Å²) in [5, 5.41) is 4.88. The number of nitrogens with zero attached hydrogens (tertiary/aromatic N) is 2. The molecule has 6 heteroatoms. The maximum Gasteiger partial charge on any atom is 0.204 e. The largest absolute Gasteiger partial charge is 0.463 e. The lowest BCUT2D eigenvalue weighted by Crippen LogP contribution is -1.89. The van der Waals surface area contributed by atoms with Crippen LogP contribution in [0, 0.1) is 6.92 Å². The predicted molar refractivity (Wildman–Crippen MR) is 89.9 cm³/mol. The van der Waals surface area contributed by atoms with E-state index in [2.05, 4.69) is 38.4 Å². The number of aromatic nitrogens is 1. The summed E-state index contributed by atoms with van der Waals surface area (Å²) < 4.78 is 6.23. The van der Waals surface area contributed by atoms with E-state index in [-0.39, 0.29) is 0 Å². The van der Waals surface area contributed by atoms with Gasteiger partial charge in [0.2, 0.25) is 5.13 Å². The lowest BCUT2D eigenvalue weighted by atomic mass is 10.1. The van der Waals surface area contributed by atoms with Crippen LogP contribution in [0.4, 0.5) is 5.13 Å². The van der Waals surface area contributed by atoms with Crippen molar-refractivity contribution in [2.75, 3.05) is 5.43 Å². The number of hydrogen-bond acceptors (Lipinski definition) is 5. The molecule has 0 saturated heterocycles. The number of nitrogens with one attached hydrogen (secondary N) is 1. The molecule has 2 aromatic heterocycles. The molecule has 1 aromatic carbocycles. The first-order valence-electron chi connectivity index (χ1n) is 6.28. The van der Waals surface area contributed by atoms with E-state index in [1.807, 2.05) is 36.4 Å². The van der Waals surface area contributed by atoms with E-state index in [1.165, 1.54) is 0 Å². The Kier molecular flexibility index (Phi) is 4.17. The van der Waals surface area contributed by atoms with Crippen molar-refractivity contribution in [3.63, 3.8) is 0 Å². The van der Waals surface area contributed by atoms with Gasteiger partial charge in [0, 0.05) is 14.9 Å². The Bertz CT molecular complexity index is 748. The second kappa shape index (κ2) is 6.24. The minimum Gasteiger partial charge on any atom is -0.463 e. The Morgan fingerprint density at radius 1 is 1.29 bits per heavy atom. The quantitative estimate of drug-likeness (QED) is 0.529. The van der Waals surface area contributed by atoms with Crippen LogP contribution < -0.4 is 5.43 Å². The second-order valence-electron chi connectivity index (χ2n) is 4.32. The van der Waals surface area contributed by atoms with Gasteiger partial charge in [0.05, 0.1) is 18.2 Å². The van der Waals surface area contributed by atoms with Gasteiger partial charge < -0.3 is 4.42 Å². The third-order valence-corrected chi connectivity index (χ3v) is 4.21. The molecule has 3 aromatic rings. The summed E-state index contributed by atoms with van der Waals surface area (Å²) in [6, 6.07) is 11.8. The van der Waals surface area contributed by atoms with Gasteiger partial charge in [-0.1, -0.05) is 28.1 Å². The van der Waals surface area contributed by atoms with Crippen LogP contribution >= 0.6 is 27.3 Å². The maximum absolute atomic E-state index is 5.17. The molecule has 4 nitrogen and oxygen atoms in total. The van der Waals surface area contributed by atoms with Crippen molar-refractivity contribution in [2.24, 2.45) is 5.10 Å². The molecule has 0 amide bonds. The summed E-state index contributed by atoms with van der Waals surface area (Å²) in [6.45, 7) is 2.05. The molecule has 0 aliphatic carbocycles. The molecule has 1 N–H and O–H groups in total. The number of benzene rings is 1. The molecule has 3 rings (SSSR count). The second-order valence-corrected chi connectivity index (χ2v) is 6.43. The summed E-state index contributed by atoms with van der Waals surface area (Å²) in [5.74, 6) is 0.698. The molecule has 0 aliphatic rings. The van der Waals surface area contributed by atoms with Crippen LogP contribution in [-0.4, -0.2) is 11.2 Å². The highest BCUT2D eigenvalue weighted by molar-refractivity contribution is 9.10. The van der Waals surface area contributed by atoms with E-state index in [4.69, 9.17) is 4.42 Å². The van der Waals surface area contributed by atoms with Crippen LogP contribution in [0.3, 0.4) is 0 Å². The molecule has 0 unspecified atom stereocenters. The lowest BCUT2D eigenvalue weighted by Gasteiger charge is -1.98. The first-order chi connectivity index (χ1) is 10.2. The van der Waals surface area contributed by atoms with Gasteiger partial charge in [0.1, 0.15) is 5.76 Å². The van der Waals surface area contributed by atoms with Crippen molar-refractivity contribution in [3.05, 3.63) is 57.8 Å². The molecule has 0 radical (unpaired) electrons. The van der Waals surface area contributed by atoms with Crippen LogP contribution in [0.5, 0.6) is 0 Å². The van der Waals surface area contributed by atoms with Crippen molar-refractivity contribution in [1.29, 1.82) is 0 Å². The highest BCUT2D eigenvalue weighted by atomic mass is 79.9. The van der Waals surface area contributed by atoms with Crippen molar-refractivity contribution < 1.29 is 4.42 Å². The SMILES string of the molecule is Cc1sc(NN=Cc2ccco2)nc1-c1ccc(Br)cc1. The predicted octanol–water partition coefficient (Wildman–Crippen LogP) is 4.92. The van der Waals surface area contributed by atoms with Crippen molar-refractivity contribution in [3.8, 4) is 11.3 Å². The summed E-state index contributed by atoms with van der Waals surface area (Å²) in [4.78, 5) is 5.72. The summed E-state index contributed by atoms with van der Waals surface area (Å²) in [6.07, 6.45) is 3.23.